The number of aryl methyl sites for hydroxylation is 1. The molecule has 0 saturated heterocycles. The molecular weight excluding hydrogens is 310 g/mol. The molecule has 0 unspecified atom stereocenters. The normalized spacial score (nSPS) is 15.0. The Balaban J connectivity index is 2.11. The van der Waals surface area contributed by atoms with Crippen molar-refractivity contribution in [2.45, 2.75) is 34.1 Å². The Morgan fingerprint density at radius 3 is 2.92 bits per heavy atom. The standard InChI is InChI=1S/C20H25N5/c1-6-25-18-8-7-14(4)9-17(18)20-16(12-22-24-20)10-19(25)15(5)11-21-23-13(2)3/h6-9,12,21H,1,10-11H2,2-5H3,(H,22,24)/b19-15+. The highest BCUT2D eigenvalue weighted by Crippen LogP contribution is 2.39. The maximum Gasteiger partial charge on any atom is 0.0707 e. The summed E-state index contributed by atoms with van der Waals surface area (Å²) in [5.74, 6) is 0. The molecule has 0 saturated carbocycles. The van der Waals surface area contributed by atoms with Gasteiger partial charge in [0.1, 0.15) is 0 Å². The lowest BCUT2D eigenvalue weighted by atomic mass is 10.0. The van der Waals surface area contributed by atoms with E-state index in [-0.39, 0.29) is 0 Å². The first-order chi connectivity index (χ1) is 12.0. The van der Waals surface area contributed by atoms with Gasteiger partial charge in [0, 0.05) is 35.2 Å². The summed E-state index contributed by atoms with van der Waals surface area (Å²) in [5.41, 5.74) is 12.4. The lowest BCUT2D eigenvalue weighted by Gasteiger charge is -2.25. The summed E-state index contributed by atoms with van der Waals surface area (Å²) in [7, 11) is 0. The minimum atomic E-state index is 0.694. The van der Waals surface area contributed by atoms with Crippen LogP contribution in [0.25, 0.3) is 11.3 Å². The molecule has 2 N–H and O–H groups in total. The van der Waals surface area contributed by atoms with E-state index in [4.69, 9.17) is 0 Å². The zero-order valence-corrected chi connectivity index (χ0v) is 15.3. The minimum Gasteiger partial charge on any atom is -0.320 e. The summed E-state index contributed by atoms with van der Waals surface area (Å²) >= 11 is 0. The van der Waals surface area contributed by atoms with Gasteiger partial charge < -0.3 is 10.3 Å². The molecular formula is C20H25N5. The van der Waals surface area contributed by atoms with Gasteiger partial charge in [-0.2, -0.15) is 10.2 Å². The van der Waals surface area contributed by atoms with Crippen molar-refractivity contribution < 1.29 is 0 Å². The maximum absolute atomic E-state index is 4.29. The fourth-order valence-electron chi connectivity index (χ4n) is 3.13. The van der Waals surface area contributed by atoms with Crippen molar-refractivity contribution in [1.82, 2.24) is 15.6 Å². The minimum absolute atomic E-state index is 0.694. The van der Waals surface area contributed by atoms with Crippen molar-refractivity contribution in [2.75, 3.05) is 11.4 Å². The number of nitrogens with one attached hydrogen (secondary N) is 2. The van der Waals surface area contributed by atoms with Crippen molar-refractivity contribution in [3.05, 3.63) is 59.6 Å². The molecule has 5 heteroatoms. The van der Waals surface area contributed by atoms with Crippen LogP contribution in [0, 0.1) is 6.92 Å². The molecule has 5 nitrogen and oxygen atoms in total. The van der Waals surface area contributed by atoms with E-state index in [2.05, 4.69) is 64.2 Å². The average Bonchev–Trinajstić information content (AvgIpc) is 2.98. The number of nitrogens with zero attached hydrogens (tertiary/aromatic N) is 3. The second kappa shape index (κ2) is 6.97. The highest BCUT2D eigenvalue weighted by atomic mass is 15.3. The Kier molecular flexibility index (Phi) is 4.74. The number of rotatable bonds is 4. The number of anilines is 1. The van der Waals surface area contributed by atoms with Crippen molar-refractivity contribution in [1.29, 1.82) is 0 Å². The monoisotopic (exact) mass is 335 g/mol. The van der Waals surface area contributed by atoms with E-state index in [1.165, 1.54) is 22.4 Å². The molecule has 0 bridgehead atoms. The van der Waals surface area contributed by atoms with Crippen molar-refractivity contribution in [2.24, 2.45) is 5.10 Å². The van der Waals surface area contributed by atoms with E-state index < -0.39 is 0 Å². The summed E-state index contributed by atoms with van der Waals surface area (Å²) in [4.78, 5) is 2.18. The second-order valence-electron chi connectivity index (χ2n) is 6.64. The molecule has 2 heterocycles. The van der Waals surface area contributed by atoms with Crippen LogP contribution >= 0.6 is 0 Å². The van der Waals surface area contributed by atoms with Crippen LogP contribution in [0.1, 0.15) is 31.9 Å². The summed E-state index contributed by atoms with van der Waals surface area (Å²) in [6.07, 6.45) is 4.61. The lowest BCUT2D eigenvalue weighted by Crippen LogP contribution is -2.21. The number of aromatic nitrogens is 2. The highest BCUT2D eigenvalue weighted by molar-refractivity contribution is 5.83. The Hall–Kier alpha value is -2.82. The Bertz CT molecular complexity index is 853. The van der Waals surface area contributed by atoms with E-state index in [0.29, 0.717) is 6.54 Å². The molecule has 25 heavy (non-hydrogen) atoms. The van der Waals surface area contributed by atoms with Crippen LogP contribution in [0.3, 0.4) is 0 Å². The van der Waals surface area contributed by atoms with Crippen molar-refractivity contribution in [3.63, 3.8) is 0 Å². The zero-order chi connectivity index (χ0) is 18.0. The molecule has 0 amide bonds. The zero-order valence-electron chi connectivity index (χ0n) is 15.3. The molecule has 1 aromatic heterocycles. The fourth-order valence-corrected chi connectivity index (χ4v) is 3.13. The van der Waals surface area contributed by atoms with Crippen LogP contribution in [-0.2, 0) is 6.42 Å². The summed E-state index contributed by atoms with van der Waals surface area (Å²) in [6, 6.07) is 6.48. The molecule has 0 spiro atoms. The van der Waals surface area contributed by atoms with Gasteiger partial charge in [0.15, 0.2) is 0 Å². The summed E-state index contributed by atoms with van der Waals surface area (Å²) in [6.45, 7) is 13.0. The van der Waals surface area contributed by atoms with E-state index in [1.54, 1.807) is 0 Å². The number of hydrogen-bond donors (Lipinski definition) is 2. The second-order valence-corrected chi connectivity index (χ2v) is 6.64. The first-order valence-electron chi connectivity index (χ1n) is 8.48. The van der Waals surface area contributed by atoms with E-state index in [0.717, 1.165) is 29.1 Å². The number of hydrogen-bond acceptors (Lipinski definition) is 4. The third-order valence-corrected chi connectivity index (χ3v) is 4.37. The predicted molar refractivity (Wildman–Crippen MR) is 105 cm³/mol. The number of fused-ring (bicyclic) bond motifs is 3. The summed E-state index contributed by atoms with van der Waals surface area (Å²) < 4.78 is 0. The molecule has 0 atom stereocenters. The molecule has 0 radical (unpaired) electrons. The van der Waals surface area contributed by atoms with Gasteiger partial charge in [-0.3, -0.25) is 5.10 Å². The first-order valence-corrected chi connectivity index (χ1v) is 8.48. The van der Waals surface area contributed by atoms with E-state index in [9.17, 15) is 0 Å². The van der Waals surface area contributed by atoms with Gasteiger partial charge in [0.05, 0.1) is 24.1 Å². The number of benzene rings is 1. The SMILES string of the molecule is C=CN1/C(=C(\C)CNN=C(C)C)Cc2cn[nH]c2-c2cc(C)ccc21. The van der Waals surface area contributed by atoms with Crippen molar-refractivity contribution in [3.8, 4) is 11.3 Å². The average molecular weight is 335 g/mol. The Labute approximate surface area is 149 Å². The molecule has 2 aromatic rings. The van der Waals surface area contributed by atoms with Gasteiger partial charge in [0.25, 0.3) is 0 Å². The van der Waals surface area contributed by atoms with E-state index >= 15 is 0 Å². The fraction of sp³-hybridized carbons (Fsp3) is 0.300. The lowest BCUT2D eigenvalue weighted by molar-refractivity contribution is 0.782. The Morgan fingerprint density at radius 1 is 1.40 bits per heavy atom. The van der Waals surface area contributed by atoms with Gasteiger partial charge in [0.2, 0.25) is 0 Å². The molecule has 1 aromatic carbocycles. The Morgan fingerprint density at radius 2 is 2.20 bits per heavy atom. The van der Waals surface area contributed by atoms with Gasteiger partial charge in [-0.05, 0) is 45.4 Å². The van der Waals surface area contributed by atoms with Crippen LogP contribution in [0.15, 0.2) is 53.5 Å². The third kappa shape index (κ3) is 3.36. The molecule has 3 rings (SSSR count). The topological polar surface area (TPSA) is 56.3 Å². The molecule has 0 aliphatic carbocycles. The molecule has 0 fully saturated rings. The van der Waals surface area contributed by atoms with Gasteiger partial charge in [-0.25, -0.2) is 0 Å². The van der Waals surface area contributed by atoms with Crippen LogP contribution < -0.4 is 10.3 Å². The maximum atomic E-state index is 4.29. The van der Waals surface area contributed by atoms with Crippen LogP contribution in [0.5, 0.6) is 0 Å². The number of allylic oxidation sites excluding steroid dienone is 1. The number of aromatic amines is 1. The van der Waals surface area contributed by atoms with Crippen LogP contribution in [0.4, 0.5) is 5.69 Å². The third-order valence-electron chi connectivity index (χ3n) is 4.37. The van der Waals surface area contributed by atoms with Gasteiger partial charge >= 0.3 is 0 Å². The largest absolute Gasteiger partial charge is 0.320 e. The van der Waals surface area contributed by atoms with Gasteiger partial charge in [-0.1, -0.05) is 18.2 Å². The molecule has 130 valence electrons. The van der Waals surface area contributed by atoms with Crippen LogP contribution in [-0.4, -0.2) is 22.5 Å². The highest BCUT2D eigenvalue weighted by Gasteiger charge is 2.24. The number of H-pyrrole nitrogens is 1. The molecule has 1 aliphatic rings. The predicted octanol–water partition coefficient (Wildman–Crippen LogP) is 4.15. The quantitative estimate of drug-likeness (QED) is 0.652. The first kappa shape index (κ1) is 17.0. The molecule has 1 aliphatic heterocycles. The smallest absolute Gasteiger partial charge is 0.0707 e. The summed E-state index contributed by atoms with van der Waals surface area (Å²) in [5, 5.41) is 11.7. The van der Waals surface area contributed by atoms with Crippen LogP contribution in [0.2, 0.25) is 0 Å². The number of hydrazone groups is 1. The van der Waals surface area contributed by atoms with Gasteiger partial charge in [-0.15, -0.1) is 0 Å². The van der Waals surface area contributed by atoms with Crippen molar-refractivity contribution >= 4 is 11.4 Å². The van der Waals surface area contributed by atoms with E-state index in [1.807, 2.05) is 26.2 Å².